The van der Waals surface area contributed by atoms with E-state index in [-0.39, 0.29) is 11.3 Å². The zero-order valence-electron chi connectivity index (χ0n) is 18.7. The van der Waals surface area contributed by atoms with Crippen LogP contribution in [0.4, 0.5) is 5.69 Å². The topological polar surface area (TPSA) is 79.7 Å². The maximum Gasteiger partial charge on any atom is 0.300 e. The third-order valence-electron chi connectivity index (χ3n) is 5.88. The van der Waals surface area contributed by atoms with Gasteiger partial charge in [0.1, 0.15) is 11.5 Å². The van der Waals surface area contributed by atoms with E-state index < -0.39 is 17.7 Å². The molecule has 7 heteroatoms. The van der Waals surface area contributed by atoms with Gasteiger partial charge < -0.3 is 9.84 Å². The first kappa shape index (κ1) is 22.6. The highest BCUT2D eigenvalue weighted by atomic mass is 35.5. The number of hydrogen-bond acceptors (Lipinski definition) is 5. The molecule has 1 fully saturated rings. The number of aryl methyl sites for hydroxylation is 3. The monoisotopic (exact) mass is 462 g/mol. The van der Waals surface area contributed by atoms with Crippen molar-refractivity contribution in [3.8, 4) is 5.75 Å². The molecule has 4 rings (SSSR count). The standard InChI is InChI=1S/C26H23ClN2O4/c1-14-13-21(33-4)16(3)12-19(14)24(30)22-23(17-7-9-28-10-8-17)29(26(32)25(22)31)20-6-5-18(27)11-15(20)2/h5-13,23,30H,1-4H3/b24-22+. The van der Waals surface area contributed by atoms with E-state index in [0.29, 0.717) is 27.6 Å². The molecule has 1 aliphatic rings. The van der Waals surface area contributed by atoms with Crippen molar-refractivity contribution in [1.82, 2.24) is 4.98 Å². The van der Waals surface area contributed by atoms with Crippen LogP contribution in [-0.2, 0) is 9.59 Å². The molecule has 33 heavy (non-hydrogen) atoms. The summed E-state index contributed by atoms with van der Waals surface area (Å²) in [5.74, 6) is -1.03. The summed E-state index contributed by atoms with van der Waals surface area (Å²) in [6, 6.07) is 11.3. The van der Waals surface area contributed by atoms with Crippen molar-refractivity contribution in [2.24, 2.45) is 0 Å². The first-order valence-electron chi connectivity index (χ1n) is 10.4. The van der Waals surface area contributed by atoms with Crippen molar-refractivity contribution in [1.29, 1.82) is 0 Å². The summed E-state index contributed by atoms with van der Waals surface area (Å²) in [5.41, 5.74) is 3.95. The molecular weight excluding hydrogens is 440 g/mol. The van der Waals surface area contributed by atoms with Crippen LogP contribution in [0.3, 0.4) is 0 Å². The minimum Gasteiger partial charge on any atom is -0.507 e. The number of carbonyl (C=O) groups is 2. The average Bonchev–Trinajstić information content (AvgIpc) is 3.06. The van der Waals surface area contributed by atoms with Gasteiger partial charge in [-0.15, -0.1) is 0 Å². The number of amides is 1. The van der Waals surface area contributed by atoms with E-state index >= 15 is 0 Å². The maximum absolute atomic E-state index is 13.3. The van der Waals surface area contributed by atoms with E-state index in [1.165, 1.54) is 4.90 Å². The first-order chi connectivity index (χ1) is 15.7. The van der Waals surface area contributed by atoms with Crippen molar-refractivity contribution >= 4 is 34.7 Å². The number of pyridine rings is 1. The van der Waals surface area contributed by atoms with Crippen LogP contribution in [0, 0.1) is 20.8 Å². The molecule has 1 unspecified atom stereocenters. The maximum atomic E-state index is 13.3. The SMILES string of the molecule is COc1cc(C)c(/C(O)=C2\C(=O)C(=O)N(c3ccc(Cl)cc3C)C2c2ccncc2)cc1C. The largest absolute Gasteiger partial charge is 0.507 e. The van der Waals surface area contributed by atoms with E-state index in [4.69, 9.17) is 16.3 Å². The number of ketones is 1. The first-order valence-corrected chi connectivity index (χ1v) is 10.7. The summed E-state index contributed by atoms with van der Waals surface area (Å²) >= 11 is 6.12. The third kappa shape index (κ3) is 3.87. The summed E-state index contributed by atoms with van der Waals surface area (Å²) in [6.07, 6.45) is 3.18. The van der Waals surface area contributed by atoms with Crippen molar-refractivity contribution < 1.29 is 19.4 Å². The van der Waals surface area contributed by atoms with Crippen LogP contribution in [0.15, 0.2) is 60.4 Å². The Labute approximate surface area is 197 Å². The molecule has 0 spiro atoms. The fourth-order valence-corrected chi connectivity index (χ4v) is 4.47. The molecule has 1 amide bonds. The lowest BCUT2D eigenvalue weighted by Crippen LogP contribution is -2.30. The number of ether oxygens (including phenoxy) is 1. The summed E-state index contributed by atoms with van der Waals surface area (Å²) in [7, 11) is 1.57. The molecule has 2 heterocycles. The normalized spacial score (nSPS) is 17.5. The van der Waals surface area contributed by atoms with E-state index in [1.54, 1.807) is 62.0 Å². The second kappa shape index (κ2) is 8.71. The summed E-state index contributed by atoms with van der Waals surface area (Å²) in [6.45, 7) is 5.49. The van der Waals surface area contributed by atoms with Gasteiger partial charge in [0, 0.05) is 28.7 Å². The molecule has 0 aliphatic carbocycles. The van der Waals surface area contributed by atoms with Crippen LogP contribution in [0.1, 0.15) is 33.9 Å². The number of carbonyl (C=O) groups excluding carboxylic acids is 2. The van der Waals surface area contributed by atoms with Gasteiger partial charge in [0.25, 0.3) is 11.7 Å². The number of Topliss-reactive ketones (excluding diaryl/α,β-unsaturated/α-hetero) is 1. The Kier molecular flexibility index (Phi) is 5.95. The van der Waals surface area contributed by atoms with Crippen LogP contribution in [0.25, 0.3) is 5.76 Å². The number of halogens is 1. The van der Waals surface area contributed by atoms with Gasteiger partial charge >= 0.3 is 0 Å². The van der Waals surface area contributed by atoms with Crippen LogP contribution in [0.2, 0.25) is 5.02 Å². The minimum absolute atomic E-state index is 0.0215. The van der Waals surface area contributed by atoms with Crippen LogP contribution in [-0.4, -0.2) is 28.9 Å². The van der Waals surface area contributed by atoms with E-state index in [2.05, 4.69) is 4.98 Å². The molecule has 0 radical (unpaired) electrons. The summed E-state index contributed by atoms with van der Waals surface area (Å²) < 4.78 is 5.37. The fourth-order valence-electron chi connectivity index (χ4n) is 4.24. The molecule has 168 valence electrons. The van der Waals surface area contributed by atoms with Crippen molar-refractivity contribution in [3.63, 3.8) is 0 Å². The van der Waals surface area contributed by atoms with Crippen LogP contribution < -0.4 is 9.64 Å². The molecular formula is C26H23ClN2O4. The van der Waals surface area contributed by atoms with Gasteiger partial charge in [-0.25, -0.2) is 0 Å². The number of aromatic nitrogens is 1. The number of aliphatic hydroxyl groups excluding tert-OH is 1. The van der Waals surface area contributed by atoms with Crippen molar-refractivity contribution in [2.45, 2.75) is 26.8 Å². The second-order valence-corrected chi connectivity index (χ2v) is 8.45. The molecule has 2 aromatic carbocycles. The number of hydrogen-bond donors (Lipinski definition) is 1. The lowest BCUT2D eigenvalue weighted by Gasteiger charge is -2.27. The Morgan fingerprint density at radius 2 is 1.70 bits per heavy atom. The molecule has 1 aromatic heterocycles. The summed E-state index contributed by atoms with van der Waals surface area (Å²) in [4.78, 5) is 32.1. The molecule has 0 bridgehead atoms. The smallest absolute Gasteiger partial charge is 0.300 e. The highest BCUT2D eigenvalue weighted by Gasteiger charge is 2.47. The average molecular weight is 463 g/mol. The number of benzene rings is 2. The Morgan fingerprint density at radius 1 is 1.00 bits per heavy atom. The molecule has 0 saturated carbocycles. The zero-order chi connectivity index (χ0) is 23.9. The van der Waals surface area contributed by atoms with Gasteiger partial charge in [-0.05, 0) is 85.5 Å². The molecule has 3 aromatic rings. The molecule has 1 N–H and O–H groups in total. The molecule has 1 saturated heterocycles. The lowest BCUT2D eigenvalue weighted by atomic mass is 9.93. The van der Waals surface area contributed by atoms with E-state index in [9.17, 15) is 14.7 Å². The van der Waals surface area contributed by atoms with E-state index in [0.717, 1.165) is 16.7 Å². The van der Waals surface area contributed by atoms with Crippen LogP contribution >= 0.6 is 11.6 Å². The number of aliphatic hydroxyl groups is 1. The van der Waals surface area contributed by atoms with Crippen molar-refractivity contribution in [3.05, 3.63) is 93.3 Å². The van der Waals surface area contributed by atoms with Crippen molar-refractivity contribution in [2.75, 3.05) is 12.0 Å². The second-order valence-electron chi connectivity index (χ2n) is 8.02. The number of methoxy groups -OCH3 is 1. The Hall–Kier alpha value is -3.64. The quantitative estimate of drug-likeness (QED) is 0.323. The Morgan fingerprint density at radius 3 is 2.33 bits per heavy atom. The minimum atomic E-state index is -0.824. The zero-order valence-corrected chi connectivity index (χ0v) is 19.5. The summed E-state index contributed by atoms with van der Waals surface area (Å²) in [5, 5.41) is 11.9. The molecule has 1 atom stereocenters. The number of anilines is 1. The van der Waals surface area contributed by atoms with Gasteiger partial charge in [0.2, 0.25) is 0 Å². The number of rotatable bonds is 4. The predicted molar refractivity (Wildman–Crippen MR) is 128 cm³/mol. The Balaban J connectivity index is 1.98. The third-order valence-corrected chi connectivity index (χ3v) is 6.12. The van der Waals surface area contributed by atoms with Gasteiger partial charge in [0.15, 0.2) is 0 Å². The molecule has 1 aliphatic heterocycles. The number of nitrogens with zero attached hydrogens (tertiary/aromatic N) is 2. The highest BCUT2D eigenvalue weighted by Crippen LogP contribution is 2.44. The highest BCUT2D eigenvalue weighted by molar-refractivity contribution is 6.51. The van der Waals surface area contributed by atoms with Gasteiger partial charge in [-0.3, -0.25) is 19.5 Å². The molecule has 6 nitrogen and oxygen atoms in total. The van der Waals surface area contributed by atoms with Gasteiger partial charge in [0.05, 0.1) is 18.7 Å². The lowest BCUT2D eigenvalue weighted by molar-refractivity contribution is -0.132. The van der Waals surface area contributed by atoms with E-state index in [1.807, 2.05) is 20.8 Å². The van der Waals surface area contributed by atoms with Gasteiger partial charge in [-0.1, -0.05) is 11.6 Å². The van der Waals surface area contributed by atoms with Crippen LogP contribution in [0.5, 0.6) is 5.75 Å². The fraction of sp³-hybridized carbons (Fsp3) is 0.192. The van der Waals surface area contributed by atoms with Gasteiger partial charge in [-0.2, -0.15) is 0 Å². The Bertz CT molecular complexity index is 1300. The predicted octanol–water partition coefficient (Wildman–Crippen LogP) is 5.30.